The van der Waals surface area contributed by atoms with Gasteiger partial charge in [-0.3, -0.25) is 4.79 Å². The molecule has 2 aromatic carbocycles. The number of nitrogens with zero attached hydrogens (tertiary/aromatic N) is 1. The summed E-state index contributed by atoms with van der Waals surface area (Å²) in [6.07, 6.45) is 0. The maximum Gasteiger partial charge on any atom is 0.231 e. The lowest BCUT2D eigenvalue weighted by Gasteiger charge is -2.18. The third kappa shape index (κ3) is 4.58. The third-order valence-electron chi connectivity index (χ3n) is 3.71. The minimum Gasteiger partial charge on any atom is -0.435 e. The molecule has 8 heteroatoms. The summed E-state index contributed by atoms with van der Waals surface area (Å²) in [6, 6.07) is 10.6. The maximum absolute atomic E-state index is 12.0. The molecule has 0 bridgehead atoms. The van der Waals surface area contributed by atoms with Crippen LogP contribution in [0.15, 0.2) is 40.8 Å². The van der Waals surface area contributed by atoms with Crippen molar-refractivity contribution in [3.05, 3.63) is 46.4 Å². The molecule has 0 aliphatic carbocycles. The largest absolute Gasteiger partial charge is 0.435 e. The Balaban J connectivity index is 1.75. The lowest BCUT2D eigenvalue weighted by molar-refractivity contribution is -0.126. The van der Waals surface area contributed by atoms with Gasteiger partial charge in [0, 0.05) is 21.7 Å². The van der Waals surface area contributed by atoms with Crippen LogP contribution in [0.3, 0.4) is 0 Å². The van der Waals surface area contributed by atoms with Gasteiger partial charge < -0.3 is 15.1 Å². The molecule has 5 nitrogen and oxygen atoms in total. The summed E-state index contributed by atoms with van der Waals surface area (Å²) in [7, 11) is 0. The first-order valence-electron chi connectivity index (χ1n) is 8.12. The van der Waals surface area contributed by atoms with Crippen molar-refractivity contribution < 1.29 is 9.21 Å². The highest BCUT2D eigenvalue weighted by Crippen LogP contribution is 2.32. The molecule has 0 fully saturated rings. The summed E-state index contributed by atoms with van der Waals surface area (Å²) < 4.78 is 5.75. The van der Waals surface area contributed by atoms with Crippen LogP contribution in [0.1, 0.15) is 20.8 Å². The van der Waals surface area contributed by atoms with Crippen molar-refractivity contribution in [3.8, 4) is 11.5 Å². The summed E-state index contributed by atoms with van der Waals surface area (Å²) >= 11 is 17.3. The van der Waals surface area contributed by atoms with Gasteiger partial charge in [-0.15, -0.1) is 0 Å². The van der Waals surface area contributed by atoms with E-state index < -0.39 is 5.41 Å². The van der Waals surface area contributed by atoms with Crippen molar-refractivity contribution in [1.82, 2.24) is 10.3 Å². The second kappa shape index (κ2) is 7.46. The molecule has 0 saturated carbocycles. The van der Waals surface area contributed by atoms with Crippen molar-refractivity contribution in [2.45, 2.75) is 20.8 Å². The number of thiocarbonyl (C=S) groups is 1. The van der Waals surface area contributed by atoms with Crippen LogP contribution in [0.25, 0.3) is 22.6 Å². The first kappa shape index (κ1) is 19.6. The van der Waals surface area contributed by atoms with Gasteiger partial charge in [0.05, 0.1) is 5.02 Å². The third-order valence-corrected chi connectivity index (χ3v) is 4.41. The molecule has 0 aliphatic rings. The second-order valence-electron chi connectivity index (χ2n) is 6.99. The van der Waals surface area contributed by atoms with Crippen LogP contribution in [-0.4, -0.2) is 16.0 Å². The van der Waals surface area contributed by atoms with Gasteiger partial charge in [0.1, 0.15) is 5.52 Å². The molecule has 0 unspecified atom stereocenters. The van der Waals surface area contributed by atoms with Crippen LogP contribution in [0.4, 0.5) is 5.69 Å². The molecule has 0 radical (unpaired) electrons. The van der Waals surface area contributed by atoms with E-state index >= 15 is 0 Å². The van der Waals surface area contributed by atoms with Crippen LogP contribution < -0.4 is 10.6 Å². The summed E-state index contributed by atoms with van der Waals surface area (Å²) in [5.41, 5.74) is 2.07. The fourth-order valence-corrected chi connectivity index (χ4v) is 2.96. The van der Waals surface area contributed by atoms with Crippen molar-refractivity contribution >= 4 is 63.2 Å². The van der Waals surface area contributed by atoms with Gasteiger partial charge in [0.15, 0.2) is 10.7 Å². The monoisotopic (exact) mass is 421 g/mol. The fourth-order valence-electron chi connectivity index (χ4n) is 2.23. The summed E-state index contributed by atoms with van der Waals surface area (Å²) in [4.78, 5) is 16.4. The zero-order chi connectivity index (χ0) is 19.8. The van der Waals surface area contributed by atoms with Gasteiger partial charge in [-0.2, -0.15) is 0 Å². The molecule has 140 valence electrons. The number of rotatable bonds is 2. The SMILES string of the molecule is CC(C)(C)C(=O)NC(=S)Nc1ccc(-c2nc3cc(Cl)cc(Cl)c3o2)cc1. The molecule has 0 aliphatic heterocycles. The maximum atomic E-state index is 12.0. The number of amides is 1. The fraction of sp³-hybridized carbons (Fsp3) is 0.211. The quantitative estimate of drug-likeness (QED) is 0.522. The van der Waals surface area contributed by atoms with Gasteiger partial charge in [-0.1, -0.05) is 44.0 Å². The Hall–Kier alpha value is -2.15. The Morgan fingerprint density at radius 3 is 2.44 bits per heavy atom. The number of carbonyl (C=O) groups excluding carboxylic acids is 1. The molecule has 27 heavy (non-hydrogen) atoms. The van der Waals surface area contributed by atoms with Gasteiger partial charge in [0.25, 0.3) is 0 Å². The number of hydrogen-bond acceptors (Lipinski definition) is 4. The predicted octanol–water partition coefficient (Wildman–Crippen LogP) is 5.66. The molecule has 0 atom stereocenters. The van der Waals surface area contributed by atoms with Crippen LogP contribution in [0, 0.1) is 5.41 Å². The summed E-state index contributed by atoms with van der Waals surface area (Å²) in [5, 5.41) is 6.80. The highest BCUT2D eigenvalue weighted by molar-refractivity contribution is 7.80. The van der Waals surface area contributed by atoms with Crippen LogP contribution in [0.2, 0.25) is 10.0 Å². The van der Waals surface area contributed by atoms with Gasteiger partial charge >= 0.3 is 0 Å². The van der Waals surface area contributed by atoms with E-state index in [2.05, 4.69) is 15.6 Å². The Kier molecular flexibility index (Phi) is 5.42. The molecular formula is C19H17Cl2N3O2S. The van der Waals surface area contributed by atoms with E-state index in [-0.39, 0.29) is 11.0 Å². The van der Waals surface area contributed by atoms with Crippen LogP contribution in [0.5, 0.6) is 0 Å². The molecule has 1 amide bonds. The first-order chi connectivity index (χ1) is 12.6. The van der Waals surface area contributed by atoms with Crippen LogP contribution >= 0.6 is 35.4 Å². The van der Waals surface area contributed by atoms with Gasteiger partial charge in [0.2, 0.25) is 11.8 Å². The molecule has 1 heterocycles. The predicted molar refractivity (Wildman–Crippen MR) is 113 cm³/mol. The van der Waals surface area contributed by atoms with Crippen molar-refractivity contribution in [2.24, 2.45) is 5.41 Å². The summed E-state index contributed by atoms with van der Waals surface area (Å²) in [5.74, 6) is 0.281. The average Bonchev–Trinajstić information content (AvgIpc) is 2.98. The Labute approximate surface area is 172 Å². The topological polar surface area (TPSA) is 67.2 Å². The number of oxazole rings is 1. The van der Waals surface area contributed by atoms with E-state index in [1.807, 2.05) is 45.0 Å². The second-order valence-corrected chi connectivity index (χ2v) is 8.24. The highest BCUT2D eigenvalue weighted by atomic mass is 35.5. The van der Waals surface area contributed by atoms with Gasteiger partial charge in [-0.25, -0.2) is 4.98 Å². The van der Waals surface area contributed by atoms with Crippen LogP contribution in [-0.2, 0) is 4.79 Å². The molecule has 0 saturated heterocycles. The molecule has 2 N–H and O–H groups in total. The standard InChI is InChI=1S/C19H17Cl2N3O2S/c1-19(2,3)17(25)24-18(27)22-12-6-4-10(5-7-12)16-23-14-9-11(20)8-13(21)15(14)26-16/h4-9H,1-3H3,(H2,22,24,25,27). The van der Waals surface area contributed by atoms with Crippen molar-refractivity contribution in [1.29, 1.82) is 0 Å². The molecule has 3 rings (SSSR count). The number of carbonyl (C=O) groups is 1. The lowest BCUT2D eigenvalue weighted by atomic mass is 9.96. The Morgan fingerprint density at radius 2 is 1.81 bits per heavy atom. The zero-order valence-corrected chi connectivity index (χ0v) is 17.2. The first-order valence-corrected chi connectivity index (χ1v) is 9.28. The number of hydrogen-bond donors (Lipinski definition) is 2. The number of fused-ring (bicyclic) bond motifs is 1. The molecule has 0 spiro atoms. The molecular weight excluding hydrogens is 405 g/mol. The van der Waals surface area contributed by atoms with E-state index in [9.17, 15) is 4.79 Å². The van der Waals surface area contributed by atoms with E-state index in [0.717, 1.165) is 11.3 Å². The number of nitrogens with one attached hydrogen (secondary N) is 2. The van der Waals surface area contributed by atoms with E-state index in [0.29, 0.717) is 27.0 Å². The number of halogens is 2. The Morgan fingerprint density at radius 1 is 1.15 bits per heavy atom. The van der Waals surface area contributed by atoms with Crippen molar-refractivity contribution in [3.63, 3.8) is 0 Å². The zero-order valence-electron chi connectivity index (χ0n) is 14.9. The van der Waals surface area contributed by atoms with Gasteiger partial charge in [-0.05, 0) is 48.6 Å². The molecule has 3 aromatic rings. The van der Waals surface area contributed by atoms with E-state index in [1.54, 1.807) is 12.1 Å². The van der Waals surface area contributed by atoms with Crippen molar-refractivity contribution in [2.75, 3.05) is 5.32 Å². The normalized spacial score (nSPS) is 11.4. The average molecular weight is 422 g/mol. The van der Waals surface area contributed by atoms with E-state index in [1.165, 1.54) is 0 Å². The Bertz CT molecular complexity index is 1020. The smallest absolute Gasteiger partial charge is 0.231 e. The molecule has 1 aromatic heterocycles. The minimum absolute atomic E-state index is 0.154. The lowest BCUT2D eigenvalue weighted by Crippen LogP contribution is -2.41. The highest BCUT2D eigenvalue weighted by Gasteiger charge is 2.22. The minimum atomic E-state index is -0.521. The number of anilines is 1. The summed E-state index contributed by atoms with van der Waals surface area (Å²) in [6.45, 7) is 5.46. The van der Waals surface area contributed by atoms with E-state index in [4.69, 9.17) is 39.8 Å². The number of aromatic nitrogens is 1. The number of benzene rings is 2.